The van der Waals surface area contributed by atoms with Crippen LogP contribution < -0.4 is 5.56 Å². The standard InChI is InChI=1S/C21H33N3O2/c1-16-10-11-20(25)24(22-16)15-21(26)12-18-8-5-9-19(13-21)23(18)14-17-6-3-2-4-7-17/h10-11,17-19,26H,2-9,12-15H2,1H3/t18-,19-/m1/s1. The van der Waals surface area contributed by atoms with Gasteiger partial charge in [-0.2, -0.15) is 5.10 Å². The van der Waals surface area contributed by atoms with Crippen LogP contribution in [0.3, 0.4) is 0 Å². The predicted octanol–water partition coefficient (Wildman–Crippen LogP) is 2.88. The smallest absolute Gasteiger partial charge is 0.266 e. The zero-order chi connectivity index (χ0) is 18.1. The molecule has 1 N–H and O–H groups in total. The molecule has 144 valence electrons. The van der Waals surface area contributed by atoms with Crippen molar-refractivity contribution in [2.45, 2.75) is 95.4 Å². The van der Waals surface area contributed by atoms with Crippen LogP contribution in [0, 0.1) is 12.8 Å². The van der Waals surface area contributed by atoms with Crippen LogP contribution in [0.25, 0.3) is 0 Å². The summed E-state index contributed by atoms with van der Waals surface area (Å²) in [6, 6.07) is 4.24. The van der Waals surface area contributed by atoms with E-state index in [2.05, 4.69) is 10.00 Å². The highest BCUT2D eigenvalue weighted by molar-refractivity contribution is 5.02. The molecule has 3 fully saturated rings. The minimum atomic E-state index is -0.802. The Morgan fingerprint density at radius 1 is 1.08 bits per heavy atom. The summed E-state index contributed by atoms with van der Waals surface area (Å²) in [6.45, 7) is 3.44. The highest BCUT2D eigenvalue weighted by Gasteiger charge is 2.46. The van der Waals surface area contributed by atoms with Gasteiger partial charge in [-0.15, -0.1) is 0 Å². The second-order valence-electron chi connectivity index (χ2n) is 9.04. The van der Waals surface area contributed by atoms with Gasteiger partial charge in [-0.05, 0) is 57.4 Å². The van der Waals surface area contributed by atoms with Crippen LogP contribution in [0.4, 0.5) is 0 Å². The molecule has 2 aliphatic heterocycles. The van der Waals surface area contributed by atoms with Gasteiger partial charge >= 0.3 is 0 Å². The van der Waals surface area contributed by atoms with Crippen molar-refractivity contribution < 1.29 is 5.11 Å². The Bertz CT molecular complexity index is 666. The van der Waals surface area contributed by atoms with Crippen LogP contribution in [0.5, 0.6) is 0 Å². The number of aromatic nitrogens is 2. The van der Waals surface area contributed by atoms with E-state index in [-0.39, 0.29) is 5.56 Å². The molecule has 1 aromatic heterocycles. The number of hydrogen-bond donors (Lipinski definition) is 1. The number of hydrogen-bond acceptors (Lipinski definition) is 4. The minimum Gasteiger partial charge on any atom is -0.388 e. The van der Waals surface area contributed by atoms with Gasteiger partial charge < -0.3 is 5.11 Å². The van der Waals surface area contributed by atoms with E-state index in [4.69, 9.17) is 0 Å². The van der Waals surface area contributed by atoms with Gasteiger partial charge in [0.2, 0.25) is 0 Å². The zero-order valence-corrected chi connectivity index (χ0v) is 16.1. The van der Waals surface area contributed by atoms with E-state index in [9.17, 15) is 9.90 Å². The molecule has 0 radical (unpaired) electrons. The molecule has 1 saturated carbocycles. The quantitative estimate of drug-likeness (QED) is 0.898. The lowest BCUT2D eigenvalue weighted by atomic mass is 9.74. The van der Waals surface area contributed by atoms with E-state index in [0.717, 1.165) is 24.5 Å². The van der Waals surface area contributed by atoms with Crippen LogP contribution >= 0.6 is 0 Å². The van der Waals surface area contributed by atoms with Gasteiger partial charge in [0.25, 0.3) is 5.56 Å². The van der Waals surface area contributed by atoms with Crippen molar-refractivity contribution in [2.24, 2.45) is 5.92 Å². The number of nitrogens with zero attached hydrogens (tertiary/aromatic N) is 3. The summed E-state index contributed by atoms with van der Waals surface area (Å²) in [4.78, 5) is 14.9. The first kappa shape index (κ1) is 18.2. The van der Waals surface area contributed by atoms with E-state index in [1.165, 1.54) is 62.6 Å². The monoisotopic (exact) mass is 359 g/mol. The largest absolute Gasteiger partial charge is 0.388 e. The lowest BCUT2D eigenvalue weighted by Crippen LogP contribution is -2.60. The third-order valence-electron chi connectivity index (χ3n) is 6.88. The molecule has 2 bridgehead atoms. The number of fused-ring (bicyclic) bond motifs is 2. The van der Waals surface area contributed by atoms with E-state index < -0.39 is 5.60 Å². The fourth-order valence-electron chi connectivity index (χ4n) is 5.66. The Morgan fingerprint density at radius 2 is 1.77 bits per heavy atom. The van der Waals surface area contributed by atoms with Crippen LogP contribution in [0.2, 0.25) is 0 Å². The molecule has 0 aromatic carbocycles. The summed E-state index contributed by atoms with van der Waals surface area (Å²) in [5.74, 6) is 0.846. The highest BCUT2D eigenvalue weighted by Crippen LogP contribution is 2.41. The van der Waals surface area contributed by atoms with E-state index in [1.807, 2.05) is 6.92 Å². The van der Waals surface area contributed by atoms with Crippen molar-refractivity contribution in [3.63, 3.8) is 0 Å². The average molecular weight is 360 g/mol. The van der Waals surface area contributed by atoms with Gasteiger partial charge in [0.15, 0.2) is 0 Å². The average Bonchev–Trinajstić information content (AvgIpc) is 2.60. The summed E-state index contributed by atoms with van der Waals surface area (Å²) in [7, 11) is 0. The zero-order valence-electron chi connectivity index (χ0n) is 16.1. The second-order valence-corrected chi connectivity index (χ2v) is 9.04. The summed E-state index contributed by atoms with van der Waals surface area (Å²) < 4.78 is 1.47. The Balaban J connectivity index is 1.47. The van der Waals surface area contributed by atoms with E-state index in [1.54, 1.807) is 12.1 Å². The number of rotatable bonds is 4. The summed E-state index contributed by atoms with van der Waals surface area (Å²) in [5.41, 5.74) is -0.0920. The van der Waals surface area contributed by atoms with Crippen molar-refractivity contribution >= 4 is 0 Å². The molecule has 1 aliphatic carbocycles. The normalized spacial score (nSPS) is 33.3. The van der Waals surface area contributed by atoms with Crippen molar-refractivity contribution in [3.8, 4) is 0 Å². The minimum absolute atomic E-state index is 0.112. The van der Waals surface area contributed by atoms with Gasteiger partial charge in [0.05, 0.1) is 17.8 Å². The molecule has 2 atom stereocenters. The van der Waals surface area contributed by atoms with Gasteiger partial charge in [-0.25, -0.2) is 4.68 Å². The number of piperidine rings is 2. The molecule has 1 aromatic rings. The summed E-state index contributed by atoms with van der Waals surface area (Å²) in [5, 5.41) is 15.7. The maximum absolute atomic E-state index is 12.1. The van der Waals surface area contributed by atoms with Crippen molar-refractivity contribution in [2.75, 3.05) is 6.54 Å². The summed E-state index contributed by atoms with van der Waals surface area (Å²) in [6.07, 6.45) is 12.1. The van der Waals surface area contributed by atoms with Gasteiger partial charge in [0.1, 0.15) is 0 Å². The molecular weight excluding hydrogens is 326 g/mol. The molecule has 3 aliphatic rings. The van der Waals surface area contributed by atoms with Crippen molar-refractivity contribution in [3.05, 3.63) is 28.2 Å². The molecule has 3 heterocycles. The van der Waals surface area contributed by atoms with E-state index in [0.29, 0.717) is 18.6 Å². The lowest BCUT2D eigenvalue weighted by Gasteiger charge is -2.53. The third kappa shape index (κ3) is 3.89. The summed E-state index contributed by atoms with van der Waals surface area (Å²) >= 11 is 0. The number of aryl methyl sites for hydroxylation is 1. The third-order valence-corrected chi connectivity index (χ3v) is 6.88. The maximum Gasteiger partial charge on any atom is 0.266 e. The van der Waals surface area contributed by atoms with Gasteiger partial charge in [0, 0.05) is 24.7 Å². The predicted molar refractivity (Wildman–Crippen MR) is 102 cm³/mol. The molecule has 5 nitrogen and oxygen atoms in total. The van der Waals surface area contributed by atoms with Crippen LogP contribution in [-0.2, 0) is 6.54 Å². The molecule has 0 unspecified atom stereocenters. The lowest BCUT2D eigenvalue weighted by molar-refractivity contribution is -0.106. The molecule has 26 heavy (non-hydrogen) atoms. The van der Waals surface area contributed by atoms with Crippen molar-refractivity contribution in [1.29, 1.82) is 0 Å². The number of aliphatic hydroxyl groups is 1. The van der Waals surface area contributed by atoms with Crippen molar-refractivity contribution in [1.82, 2.24) is 14.7 Å². The molecule has 2 saturated heterocycles. The molecule has 0 spiro atoms. The fourth-order valence-corrected chi connectivity index (χ4v) is 5.66. The van der Waals surface area contributed by atoms with Gasteiger partial charge in [-0.1, -0.05) is 25.7 Å². The first-order chi connectivity index (χ1) is 12.5. The van der Waals surface area contributed by atoms with E-state index >= 15 is 0 Å². The van der Waals surface area contributed by atoms with Crippen LogP contribution in [-0.4, -0.2) is 44.0 Å². The Kier molecular flexibility index (Phi) is 5.20. The second kappa shape index (κ2) is 7.43. The Labute approximate surface area is 156 Å². The highest BCUT2D eigenvalue weighted by atomic mass is 16.3. The molecule has 5 heteroatoms. The topological polar surface area (TPSA) is 58.4 Å². The van der Waals surface area contributed by atoms with Crippen LogP contribution in [0.1, 0.15) is 69.9 Å². The maximum atomic E-state index is 12.1. The van der Waals surface area contributed by atoms with Gasteiger partial charge in [-0.3, -0.25) is 9.69 Å². The SMILES string of the molecule is Cc1ccc(=O)n(CC2(O)C[C@H]3CCC[C@H](C2)N3CC2CCCCC2)n1. The Hall–Kier alpha value is -1.20. The molecular formula is C21H33N3O2. The fraction of sp³-hybridized carbons (Fsp3) is 0.810. The Morgan fingerprint density at radius 3 is 2.46 bits per heavy atom. The molecule has 0 amide bonds. The first-order valence-corrected chi connectivity index (χ1v) is 10.6. The first-order valence-electron chi connectivity index (χ1n) is 10.6. The molecule has 4 rings (SSSR count). The van der Waals surface area contributed by atoms with Crippen LogP contribution in [0.15, 0.2) is 16.9 Å².